The number of carbonyl (C=O) groups is 1. The Bertz CT molecular complexity index is 1200. The number of aromatic nitrogens is 2. The van der Waals surface area contributed by atoms with Gasteiger partial charge in [0.25, 0.3) is 17.2 Å². The van der Waals surface area contributed by atoms with Crippen molar-refractivity contribution < 1.29 is 18.3 Å². The molecule has 0 radical (unpaired) electrons. The third-order valence-corrected chi connectivity index (χ3v) is 7.26. The van der Waals surface area contributed by atoms with Crippen LogP contribution in [-0.4, -0.2) is 41.7 Å². The van der Waals surface area contributed by atoms with Crippen LogP contribution in [0.3, 0.4) is 0 Å². The van der Waals surface area contributed by atoms with Crippen molar-refractivity contribution in [2.75, 3.05) is 13.2 Å². The van der Waals surface area contributed by atoms with Gasteiger partial charge in [0, 0.05) is 17.1 Å². The summed E-state index contributed by atoms with van der Waals surface area (Å²) in [6.45, 7) is 7.51. The summed E-state index contributed by atoms with van der Waals surface area (Å²) in [6.07, 6.45) is 7.10. The molecule has 0 bridgehead atoms. The average Bonchev–Trinajstić information content (AvgIpc) is 3.16. The molecule has 0 aliphatic rings. The Morgan fingerprint density at radius 2 is 1.83 bits per heavy atom. The maximum absolute atomic E-state index is 13.0. The van der Waals surface area contributed by atoms with Crippen LogP contribution in [0, 0.1) is 6.92 Å². The lowest BCUT2D eigenvalue weighted by Crippen LogP contribution is -2.33. The lowest BCUT2D eigenvalue weighted by molar-refractivity contribution is 0.0858. The number of halogens is 1. The third-order valence-electron chi connectivity index (χ3n) is 6.19. The van der Waals surface area contributed by atoms with Crippen molar-refractivity contribution in [2.45, 2.75) is 72.3 Å². The molecule has 1 aromatic heterocycles. The molecule has 1 heterocycles. The van der Waals surface area contributed by atoms with E-state index in [0.717, 1.165) is 58.2 Å². The molecule has 0 saturated heterocycles. The number of hydrogen-bond donors (Lipinski definition) is 1. The van der Waals surface area contributed by atoms with Gasteiger partial charge in [-0.25, -0.2) is 13.5 Å². The second kappa shape index (κ2) is 13.8. The molecule has 196 valence electrons. The largest absolute Gasteiger partial charge is 0.494 e. The number of amides is 1. The highest BCUT2D eigenvalue weighted by atomic mass is 35.5. The smallest absolute Gasteiger partial charge is 0.267 e. The summed E-state index contributed by atoms with van der Waals surface area (Å²) in [4.78, 5) is 17.7. The first-order chi connectivity index (χ1) is 17.3. The number of carbonyl (C=O) groups excluding carboxylic acids is 1. The summed E-state index contributed by atoms with van der Waals surface area (Å²) < 4.78 is 30.4. The molecule has 0 spiro atoms. The predicted molar refractivity (Wildman–Crippen MR) is 146 cm³/mol. The molecule has 9 heteroatoms. The van der Waals surface area contributed by atoms with Crippen LogP contribution in [0.4, 0.5) is 0 Å². The fourth-order valence-corrected chi connectivity index (χ4v) is 4.87. The maximum Gasteiger partial charge on any atom is 0.267 e. The Kier molecular flexibility index (Phi) is 10.8. The van der Waals surface area contributed by atoms with Gasteiger partial charge >= 0.3 is 0 Å². The zero-order valence-electron chi connectivity index (χ0n) is 21.3. The second-order valence-electron chi connectivity index (χ2n) is 8.96. The van der Waals surface area contributed by atoms with Crippen molar-refractivity contribution in [1.29, 1.82) is 0 Å². The van der Waals surface area contributed by atoms with E-state index < -0.39 is 17.2 Å². The summed E-state index contributed by atoms with van der Waals surface area (Å²) >= 11 is 4.21. The minimum absolute atomic E-state index is 0.231. The van der Waals surface area contributed by atoms with E-state index in [-0.39, 0.29) is 6.54 Å². The lowest BCUT2D eigenvalue weighted by Gasteiger charge is -2.18. The SMILES string of the molecule is CCCCCCOc1ccc(Cn2c(C)nc3ccc(C(=O)N(CCCCC)S(=O)O)cc32)c(Cl)c1. The molecular weight excluding hydrogens is 498 g/mol. The molecule has 36 heavy (non-hydrogen) atoms. The summed E-state index contributed by atoms with van der Waals surface area (Å²) in [5.74, 6) is 1.06. The minimum atomic E-state index is -2.38. The molecule has 1 amide bonds. The van der Waals surface area contributed by atoms with Gasteiger partial charge in [-0.3, -0.25) is 9.35 Å². The fourth-order valence-electron chi connectivity index (χ4n) is 4.11. The van der Waals surface area contributed by atoms with Crippen LogP contribution < -0.4 is 4.74 Å². The molecule has 0 fully saturated rings. The van der Waals surface area contributed by atoms with Crippen molar-refractivity contribution >= 4 is 39.8 Å². The van der Waals surface area contributed by atoms with Gasteiger partial charge in [-0.05, 0) is 55.7 Å². The van der Waals surface area contributed by atoms with Gasteiger partial charge in [0.1, 0.15) is 11.6 Å². The van der Waals surface area contributed by atoms with Gasteiger partial charge in [0.2, 0.25) is 0 Å². The predicted octanol–water partition coefficient (Wildman–Crippen LogP) is 6.77. The van der Waals surface area contributed by atoms with E-state index in [2.05, 4.69) is 11.9 Å². The molecule has 2 aromatic carbocycles. The van der Waals surface area contributed by atoms with Crippen LogP contribution in [0.25, 0.3) is 11.0 Å². The van der Waals surface area contributed by atoms with Crippen LogP contribution in [-0.2, 0) is 17.8 Å². The van der Waals surface area contributed by atoms with Crippen molar-refractivity contribution in [3.8, 4) is 5.75 Å². The average molecular weight is 534 g/mol. The van der Waals surface area contributed by atoms with E-state index in [1.54, 1.807) is 18.2 Å². The normalized spacial score (nSPS) is 12.1. The second-order valence-corrected chi connectivity index (χ2v) is 10.3. The number of fused-ring (bicyclic) bond motifs is 1. The van der Waals surface area contributed by atoms with E-state index in [9.17, 15) is 13.6 Å². The topological polar surface area (TPSA) is 84.7 Å². The van der Waals surface area contributed by atoms with Crippen LogP contribution in [0.15, 0.2) is 36.4 Å². The lowest BCUT2D eigenvalue weighted by atomic mass is 10.1. The highest BCUT2D eigenvalue weighted by molar-refractivity contribution is 7.77. The molecule has 0 aliphatic heterocycles. The summed E-state index contributed by atoms with van der Waals surface area (Å²) in [5, 5.41) is 0.604. The number of aryl methyl sites for hydroxylation is 1. The Balaban J connectivity index is 1.79. The summed E-state index contributed by atoms with van der Waals surface area (Å²) in [7, 11) is 0. The summed E-state index contributed by atoms with van der Waals surface area (Å²) in [5.41, 5.74) is 2.77. The van der Waals surface area contributed by atoms with Gasteiger partial charge in [-0.15, -0.1) is 0 Å². The highest BCUT2D eigenvalue weighted by Crippen LogP contribution is 2.26. The van der Waals surface area contributed by atoms with E-state index in [0.29, 0.717) is 30.2 Å². The van der Waals surface area contributed by atoms with E-state index in [4.69, 9.17) is 16.3 Å². The van der Waals surface area contributed by atoms with Gasteiger partial charge in [0.05, 0.1) is 24.2 Å². The Labute approximate surface area is 221 Å². The summed E-state index contributed by atoms with van der Waals surface area (Å²) in [6, 6.07) is 10.9. The van der Waals surface area contributed by atoms with Gasteiger partial charge in [-0.1, -0.05) is 63.6 Å². The molecule has 7 nitrogen and oxygen atoms in total. The maximum atomic E-state index is 13.0. The van der Waals surface area contributed by atoms with Crippen molar-refractivity contribution in [2.24, 2.45) is 0 Å². The molecule has 0 aliphatic carbocycles. The quantitative estimate of drug-likeness (QED) is 0.182. The van der Waals surface area contributed by atoms with E-state index in [1.165, 1.54) is 12.8 Å². The van der Waals surface area contributed by atoms with Gasteiger partial charge in [0.15, 0.2) is 0 Å². The Hall–Kier alpha value is -2.42. The first-order valence-corrected chi connectivity index (χ1v) is 14.1. The molecule has 1 atom stereocenters. The van der Waals surface area contributed by atoms with E-state index >= 15 is 0 Å². The molecular formula is C27H36ClN3O4S. The van der Waals surface area contributed by atoms with Crippen LogP contribution in [0.5, 0.6) is 5.75 Å². The fraction of sp³-hybridized carbons (Fsp3) is 0.481. The van der Waals surface area contributed by atoms with E-state index in [1.807, 2.05) is 36.6 Å². The molecule has 0 saturated carbocycles. The highest BCUT2D eigenvalue weighted by Gasteiger charge is 2.22. The van der Waals surface area contributed by atoms with Crippen LogP contribution in [0.1, 0.15) is 80.5 Å². The number of nitrogens with zero attached hydrogens (tertiary/aromatic N) is 3. The van der Waals surface area contributed by atoms with Gasteiger partial charge in [-0.2, -0.15) is 0 Å². The van der Waals surface area contributed by atoms with Crippen LogP contribution in [0.2, 0.25) is 5.02 Å². The van der Waals surface area contributed by atoms with Crippen LogP contribution >= 0.6 is 11.6 Å². The number of rotatable bonds is 14. The number of hydrogen-bond acceptors (Lipinski definition) is 4. The Morgan fingerprint density at radius 1 is 1.08 bits per heavy atom. The standard InChI is InChI=1S/C27H36ClN3O4S/c1-4-6-8-10-16-35-23-13-11-22(24(28)18-23)19-30-20(3)29-25-14-12-21(17-26(25)30)27(32)31(36(33)34)15-9-7-5-2/h11-14,17-18H,4-10,15-16,19H2,1-3H3,(H,33,34). The number of benzene rings is 2. The minimum Gasteiger partial charge on any atom is -0.494 e. The Morgan fingerprint density at radius 3 is 2.53 bits per heavy atom. The zero-order valence-corrected chi connectivity index (χ0v) is 22.9. The first kappa shape index (κ1) is 28.2. The molecule has 1 unspecified atom stereocenters. The molecule has 1 N–H and O–H groups in total. The van der Waals surface area contributed by atoms with Crippen molar-refractivity contribution in [1.82, 2.24) is 13.9 Å². The molecule has 3 rings (SSSR count). The van der Waals surface area contributed by atoms with Gasteiger partial charge < -0.3 is 9.30 Å². The first-order valence-electron chi connectivity index (χ1n) is 12.7. The van der Waals surface area contributed by atoms with Crippen molar-refractivity contribution in [3.05, 3.63) is 58.4 Å². The molecule has 3 aromatic rings. The number of imidazole rings is 1. The third kappa shape index (κ3) is 7.31. The monoisotopic (exact) mass is 533 g/mol. The van der Waals surface area contributed by atoms with Crippen molar-refractivity contribution in [3.63, 3.8) is 0 Å². The zero-order chi connectivity index (χ0) is 26.1. The number of unbranched alkanes of at least 4 members (excludes halogenated alkanes) is 5. The number of ether oxygens (including phenoxy) is 1.